The van der Waals surface area contributed by atoms with Gasteiger partial charge in [0, 0.05) is 0 Å². The summed E-state index contributed by atoms with van der Waals surface area (Å²) >= 11 is 11.5. The summed E-state index contributed by atoms with van der Waals surface area (Å²) in [5.41, 5.74) is 2.91. The van der Waals surface area contributed by atoms with E-state index in [2.05, 4.69) is 34.0 Å². The highest BCUT2D eigenvalue weighted by molar-refractivity contribution is 7.89. The molecule has 4 aromatic heterocycles. The fraction of sp³-hybridized carbons (Fsp3) is 0.368. The van der Waals surface area contributed by atoms with E-state index in [4.69, 9.17) is 28.3 Å². The predicted molar refractivity (Wildman–Crippen MR) is 122 cm³/mol. The average molecular weight is 486 g/mol. The number of rotatable bonds is 3. The van der Waals surface area contributed by atoms with E-state index in [0.717, 1.165) is 21.6 Å². The maximum Gasteiger partial charge on any atom is 0.258 e. The van der Waals surface area contributed by atoms with Crippen molar-refractivity contribution in [3.63, 3.8) is 0 Å². The van der Waals surface area contributed by atoms with Gasteiger partial charge in [0.15, 0.2) is 16.4 Å². The van der Waals surface area contributed by atoms with Crippen LogP contribution in [0.25, 0.3) is 11.3 Å². The molecule has 0 bridgehead atoms. The molecule has 0 aliphatic carbocycles. The van der Waals surface area contributed by atoms with Gasteiger partial charge in [-0.1, -0.05) is 58.3 Å². The molecule has 0 fully saturated rings. The number of hydrogen-bond acceptors (Lipinski definition) is 6. The molecule has 12 heteroatoms. The lowest BCUT2D eigenvalue weighted by atomic mass is 10.1. The van der Waals surface area contributed by atoms with E-state index in [9.17, 15) is 8.42 Å². The lowest BCUT2D eigenvalue weighted by Gasteiger charge is -2.05. The fourth-order valence-corrected chi connectivity index (χ4v) is 3.95. The number of primary sulfonamides is 1. The smallest absolute Gasteiger partial charge is 0.223 e. The van der Waals surface area contributed by atoms with E-state index in [-0.39, 0.29) is 23.5 Å². The van der Waals surface area contributed by atoms with Crippen LogP contribution < -0.4 is 5.14 Å². The average Bonchev–Trinajstić information content (AvgIpc) is 3.17. The highest BCUT2D eigenvalue weighted by Gasteiger charge is 2.22. The second kappa shape index (κ2) is 9.47. The highest BCUT2D eigenvalue weighted by Crippen LogP contribution is 2.22. The van der Waals surface area contributed by atoms with Crippen molar-refractivity contribution in [3.8, 4) is 0 Å². The topological polar surface area (TPSA) is 121 Å². The van der Waals surface area contributed by atoms with Gasteiger partial charge in [0.1, 0.15) is 5.15 Å². The number of imidazole rings is 2. The summed E-state index contributed by atoms with van der Waals surface area (Å²) in [6.45, 7) is 8.10. The van der Waals surface area contributed by atoms with Crippen LogP contribution in [0.1, 0.15) is 58.3 Å². The molecular formula is C19H25Cl2N7O2S. The summed E-state index contributed by atoms with van der Waals surface area (Å²) in [7, 11) is -3.95. The molecule has 0 radical (unpaired) electrons. The van der Waals surface area contributed by atoms with Gasteiger partial charge in [-0.25, -0.2) is 28.0 Å². The third kappa shape index (κ3) is 5.51. The molecule has 2 N–H and O–H groups in total. The molecule has 4 aromatic rings. The van der Waals surface area contributed by atoms with E-state index in [0.29, 0.717) is 16.7 Å². The number of halogens is 2. The van der Waals surface area contributed by atoms with Crippen molar-refractivity contribution in [1.29, 1.82) is 0 Å². The Bertz CT molecular complexity index is 1310. The normalized spacial score (nSPS) is 11.6. The van der Waals surface area contributed by atoms with E-state index in [1.54, 1.807) is 22.8 Å². The summed E-state index contributed by atoms with van der Waals surface area (Å²) < 4.78 is 25.7. The van der Waals surface area contributed by atoms with Crippen LogP contribution in [-0.4, -0.2) is 37.6 Å². The Morgan fingerprint density at radius 2 is 1.45 bits per heavy atom. The lowest BCUT2D eigenvalue weighted by Crippen LogP contribution is -2.16. The van der Waals surface area contributed by atoms with Crippen LogP contribution in [0.2, 0.25) is 10.3 Å². The van der Waals surface area contributed by atoms with Crippen LogP contribution in [0.5, 0.6) is 0 Å². The van der Waals surface area contributed by atoms with Gasteiger partial charge < -0.3 is 0 Å². The molecule has 0 saturated heterocycles. The van der Waals surface area contributed by atoms with Crippen molar-refractivity contribution in [2.24, 2.45) is 5.14 Å². The molecule has 168 valence electrons. The van der Waals surface area contributed by atoms with Gasteiger partial charge in [0.05, 0.1) is 17.6 Å². The number of aromatic nitrogens is 6. The standard InChI is InChI=1S/C9H11ClN4O2S.C9H10ClN3.CH4/c1-5(2)6-3-4-7-12-8(10)9(14(7)13-6)17(11,15)16;1-6(2)7-3-4-9-11-8(10)5-13(9)12-7;/h3-5H,1-2H3,(H2,11,15,16);3-6H,1-2H3;1H4. The molecule has 0 saturated carbocycles. The molecule has 4 heterocycles. The van der Waals surface area contributed by atoms with Gasteiger partial charge in [-0.05, 0) is 36.1 Å². The number of sulfonamides is 1. The zero-order valence-corrected chi connectivity index (χ0v) is 19.1. The van der Waals surface area contributed by atoms with Crippen molar-refractivity contribution in [1.82, 2.24) is 29.2 Å². The predicted octanol–water partition coefficient (Wildman–Crippen LogP) is 4.30. The molecule has 4 rings (SSSR count). The van der Waals surface area contributed by atoms with Crippen molar-refractivity contribution >= 4 is 44.5 Å². The van der Waals surface area contributed by atoms with Gasteiger partial charge >= 0.3 is 0 Å². The Hall–Kier alpha value is -2.27. The summed E-state index contributed by atoms with van der Waals surface area (Å²) in [5, 5.41) is 13.7. The largest absolute Gasteiger partial charge is 0.258 e. The maximum atomic E-state index is 11.4. The van der Waals surface area contributed by atoms with E-state index >= 15 is 0 Å². The summed E-state index contributed by atoms with van der Waals surface area (Å²) in [5.74, 6) is 0.583. The molecule has 0 unspecified atom stereocenters. The zero-order valence-electron chi connectivity index (χ0n) is 16.8. The monoisotopic (exact) mass is 485 g/mol. The molecule has 0 aliphatic rings. The summed E-state index contributed by atoms with van der Waals surface area (Å²) in [6.07, 6.45) is 1.71. The Morgan fingerprint density at radius 3 is 2.00 bits per heavy atom. The van der Waals surface area contributed by atoms with Gasteiger partial charge in [-0.3, -0.25) is 0 Å². The van der Waals surface area contributed by atoms with Crippen LogP contribution in [0.4, 0.5) is 0 Å². The Morgan fingerprint density at radius 1 is 0.903 bits per heavy atom. The van der Waals surface area contributed by atoms with Crippen LogP contribution >= 0.6 is 23.2 Å². The Balaban J connectivity index is 0.000000220. The first kappa shape index (κ1) is 25.0. The molecule has 0 aromatic carbocycles. The first-order valence-electron chi connectivity index (χ1n) is 9.07. The number of fused-ring (bicyclic) bond motifs is 2. The van der Waals surface area contributed by atoms with Crippen LogP contribution in [0.15, 0.2) is 35.5 Å². The number of hydrogen-bond donors (Lipinski definition) is 1. The minimum atomic E-state index is -3.95. The highest BCUT2D eigenvalue weighted by atomic mass is 35.5. The van der Waals surface area contributed by atoms with Gasteiger partial charge in [0.25, 0.3) is 10.0 Å². The van der Waals surface area contributed by atoms with Gasteiger partial charge in [0.2, 0.25) is 5.03 Å². The van der Waals surface area contributed by atoms with Crippen LogP contribution in [0, 0.1) is 0 Å². The second-order valence-corrected chi connectivity index (χ2v) is 9.44. The minimum Gasteiger partial charge on any atom is -0.223 e. The molecule has 0 spiro atoms. The zero-order chi connectivity index (χ0) is 22.2. The first-order chi connectivity index (χ1) is 14.0. The number of nitrogens with zero attached hydrogens (tertiary/aromatic N) is 6. The molecule has 0 amide bonds. The molecule has 9 nitrogen and oxygen atoms in total. The van der Waals surface area contributed by atoms with Crippen molar-refractivity contribution in [3.05, 3.63) is 52.2 Å². The fourth-order valence-electron chi connectivity index (χ4n) is 2.62. The van der Waals surface area contributed by atoms with E-state index < -0.39 is 10.0 Å². The minimum absolute atomic E-state index is 0. The quantitative estimate of drug-likeness (QED) is 0.461. The van der Waals surface area contributed by atoms with Crippen molar-refractivity contribution < 1.29 is 8.42 Å². The van der Waals surface area contributed by atoms with E-state index in [1.165, 1.54) is 0 Å². The van der Waals surface area contributed by atoms with Gasteiger partial charge in [-0.15, -0.1) is 0 Å². The third-order valence-electron chi connectivity index (χ3n) is 4.18. The third-order valence-corrected chi connectivity index (χ3v) is 5.64. The van der Waals surface area contributed by atoms with Crippen molar-refractivity contribution in [2.45, 2.75) is 52.0 Å². The van der Waals surface area contributed by atoms with Crippen molar-refractivity contribution in [2.75, 3.05) is 0 Å². The molecule has 0 aliphatic heterocycles. The second-order valence-electron chi connectivity index (χ2n) is 7.21. The molecule has 31 heavy (non-hydrogen) atoms. The SMILES string of the molecule is C.CC(C)c1ccc2nc(Cl)c(S(N)(=O)=O)n2n1.CC(C)c1ccc2nc(Cl)cn2n1. The lowest BCUT2D eigenvalue weighted by molar-refractivity contribution is 0.588. The van der Waals surface area contributed by atoms with Gasteiger partial charge in [-0.2, -0.15) is 14.7 Å². The maximum absolute atomic E-state index is 11.4. The Labute approximate surface area is 191 Å². The molecular weight excluding hydrogens is 461 g/mol. The Kier molecular flexibility index (Phi) is 7.64. The summed E-state index contributed by atoms with van der Waals surface area (Å²) in [4.78, 5) is 7.97. The van der Waals surface area contributed by atoms with E-state index in [1.807, 2.05) is 26.0 Å². The number of nitrogens with two attached hydrogens (primary N) is 1. The van der Waals surface area contributed by atoms with Crippen LogP contribution in [-0.2, 0) is 10.0 Å². The summed E-state index contributed by atoms with van der Waals surface area (Å²) in [6, 6.07) is 7.33. The van der Waals surface area contributed by atoms with Crippen LogP contribution in [0.3, 0.4) is 0 Å². The molecule has 0 atom stereocenters. The first-order valence-corrected chi connectivity index (χ1v) is 11.4.